The van der Waals surface area contributed by atoms with Crippen LogP contribution in [-0.4, -0.2) is 27.7 Å². The summed E-state index contributed by atoms with van der Waals surface area (Å²) in [6.07, 6.45) is 1.21. The van der Waals surface area contributed by atoms with Crippen LogP contribution in [0.15, 0.2) is 60.9 Å². The maximum atomic E-state index is 12.4. The van der Waals surface area contributed by atoms with E-state index in [9.17, 15) is 14.4 Å². The molecule has 0 aliphatic carbocycles. The molecule has 0 bridgehead atoms. The van der Waals surface area contributed by atoms with Gasteiger partial charge in [0, 0.05) is 16.3 Å². The van der Waals surface area contributed by atoms with E-state index in [0.29, 0.717) is 16.3 Å². The summed E-state index contributed by atoms with van der Waals surface area (Å²) < 4.78 is 0. The third-order valence-electron chi connectivity index (χ3n) is 3.51. The van der Waals surface area contributed by atoms with Crippen molar-refractivity contribution in [2.24, 2.45) is 0 Å². The van der Waals surface area contributed by atoms with Crippen LogP contribution in [-0.2, 0) is 0 Å². The monoisotopic (exact) mass is 383 g/mol. The number of amides is 3. The summed E-state index contributed by atoms with van der Waals surface area (Å²) >= 11 is 5.80. The average molecular weight is 384 g/mol. The smallest absolute Gasteiger partial charge is 0.290 e. The number of imidazole rings is 1. The van der Waals surface area contributed by atoms with Gasteiger partial charge in [0.05, 0.1) is 6.33 Å². The second kappa shape index (κ2) is 8.15. The van der Waals surface area contributed by atoms with E-state index in [1.165, 1.54) is 6.33 Å². The number of nitrogens with one attached hydrogen (secondary N) is 4. The fourth-order valence-corrected chi connectivity index (χ4v) is 2.33. The van der Waals surface area contributed by atoms with Gasteiger partial charge in [-0.2, -0.15) is 0 Å². The molecule has 0 radical (unpaired) electrons. The molecule has 0 spiro atoms. The van der Waals surface area contributed by atoms with Gasteiger partial charge in [0.1, 0.15) is 5.69 Å². The first-order chi connectivity index (χ1) is 13.0. The Kier molecular flexibility index (Phi) is 5.48. The van der Waals surface area contributed by atoms with E-state index < -0.39 is 17.7 Å². The van der Waals surface area contributed by atoms with Crippen molar-refractivity contribution in [1.29, 1.82) is 0 Å². The Morgan fingerprint density at radius 3 is 2.22 bits per heavy atom. The number of aromatic amines is 1. The molecule has 3 aromatic rings. The average Bonchev–Trinajstić information content (AvgIpc) is 3.18. The van der Waals surface area contributed by atoms with Crippen molar-refractivity contribution in [3.63, 3.8) is 0 Å². The van der Waals surface area contributed by atoms with Gasteiger partial charge in [-0.25, -0.2) is 4.98 Å². The highest BCUT2D eigenvalue weighted by atomic mass is 35.5. The lowest BCUT2D eigenvalue weighted by Crippen LogP contribution is -2.42. The number of benzene rings is 2. The maximum Gasteiger partial charge on any atom is 0.290 e. The molecular weight excluding hydrogens is 370 g/mol. The lowest BCUT2D eigenvalue weighted by Gasteiger charge is -2.08. The summed E-state index contributed by atoms with van der Waals surface area (Å²) in [5.74, 6) is -1.79. The standard InChI is InChI=1S/C18H14ClN5O3/c19-12-6-8-13(9-7-12)22-17(26)14-15(21-10-20-14)18(27)24-23-16(25)11-4-2-1-3-5-11/h1-10H,(H,20,21)(H,22,26)(H,23,25)(H,24,27). The first-order valence-corrected chi connectivity index (χ1v) is 8.18. The summed E-state index contributed by atoms with van der Waals surface area (Å²) in [6, 6.07) is 14.8. The second-order valence-electron chi connectivity index (χ2n) is 5.36. The summed E-state index contributed by atoms with van der Waals surface area (Å²) in [7, 11) is 0. The van der Waals surface area contributed by atoms with E-state index in [4.69, 9.17) is 11.6 Å². The zero-order valence-corrected chi connectivity index (χ0v) is 14.6. The van der Waals surface area contributed by atoms with E-state index in [1.807, 2.05) is 0 Å². The van der Waals surface area contributed by atoms with Crippen molar-refractivity contribution in [2.75, 3.05) is 5.32 Å². The summed E-state index contributed by atoms with van der Waals surface area (Å²) in [5, 5.41) is 3.15. The largest absolute Gasteiger partial charge is 0.340 e. The number of carbonyl (C=O) groups is 3. The van der Waals surface area contributed by atoms with Gasteiger partial charge in [-0.15, -0.1) is 0 Å². The molecule has 27 heavy (non-hydrogen) atoms. The van der Waals surface area contributed by atoms with Gasteiger partial charge < -0.3 is 10.3 Å². The number of H-pyrrole nitrogens is 1. The van der Waals surface area contributed by atoms with Gasteiger partial charge >= 0.3 is 0 Å². The van der Waals surface area contributed by atoms with E-state index in [2.05, 4.69) is 26.1 Å². The molecule has 1 aromatic heterocycles. The molecule has 0 saturated carbocycles. The van der Waals surface area contributed by atoms with Crippen LogP contribution < -0.4 is 16.2 Å². The van der Waals surface area contributed by atoms with E-state index >= 15 is 0 Å². The molecule has 0 aliphatic rings. The minimum Gasteiger partial charge on any atom is -0.340 e. The lowest BCUT2D eigenvalue weighted by atomic mass is 10.2. The number of anilines is 1. The molecule has 0 unspecified atom stereocenters. The van der Waals surface area contributed by atoms with Crippen LogP contribution in [0.4, 0.5) is 5.69 Å². The Hall–Kier alpha value is -3.65. The van der Waals surface area contributed by atoms with Crippen molar-refractivity contribution in [2.45, 2.75) is 0 Å². The maximum absolute atomic E-state index is 12.4. The molecule has 0 aliphatic heterocycles. The minimum absolute atomic E-state index is 0.0450. The normalized spacial score (nSPS) is 10.1. The molecule has 136 valence electrons. The Balaban J connectivity index is 1.65. The predicted molar refractivity (Wildman–Crippen MR) is 99.4 cm³/mol. The molecule has 8 nitrogen and oxygen atoms in total. The molecule has 3 amide bonds. The SMILES string of the molecule is O=C(NNC(=O)c1nc[nH]c1C(=O)Nc1ccc(Cl)cc1)c1ccccc1. The predicted octanol–water partition coefficient (Wildman–Crippen LogP) is 2.39. The van der Waals surface area contributed by atoms with Gasteiger partial charge in [-0.1, -0.05) is 29.8 Å². The van der Waals surface area contributed by atoms with Crippen LogP contribution in [0.2, 0.25) is 5.02 Å². The number of hydrogen-bond donors (Lipinski definition) is 4. The van der Waals surface area contributed by atoms with Gasteiger partial charge in [-0.3, -0.25) is 25.2 Å². The minimum atomic E-state index is -0.734. The number of hydrogen-bond acceptors (Lipinski definition) is 4. The fraction of sp³-hybridized carbons (Fsp3) is 0. The molecule has 0 atom stereocenters. The van der Waals surface area contributed by atoms with Crippen molar-refractivity contribution < 1.29 is 14.4 Å². The van der Waals surface area contributed by atoms with Crippen LogP contribution in [0.1, 0.15) is 31.3 Å². The van der Waals surface area contributed by atoms with Gasteiger partial charge in [0.25, 0.3) is 17.7 Å². The Morgan fingerprint density at radius 2 is 1.52 bits per heavy atom. The van der Waals surface area contributed by atoms with Crippen LogP contribution in [0.5, 0.6) is 0 Å². The number of carbonyl (C=O) groups excluding carboxylic acids is 3. The Morgan fingerprint density at radius 1 is 0.852 bits per heavy atom. The molecular formula is C18H14ClN5O3. The van der Waals surface area contributed by atoms with Crippen LogP contribution in [0.25, 0.3) is 0 Å². The number of halogens is 1. The quantitative estimate of drug-likeness (QED) is 0.517. The van der Waals surface area contributed by atoms with E-state index in [1.54, 1.807) is 54.6 Å². The summed E-state index contributed by atoms with van der Waals surface area (Å²) in [5.41, 5.74) is 5.18. The van der Waals surface area contributed by atoms with Gasteiger partial charge in [0.2, 0.25) is 0 Å². The fourth-order valence-electron chi connectivity index (χ4n) is 2.20. The third kappa shape index (κ3) is 4.50. The van der Waals surface area contributed by atoms with Gasteiger partial charge in [0.15, 0.2) is 5.69 Å². The number of rotatable bonds is 4. The second-order valence-corrected chi connectivity index (χ2v) is 5.80. The Bertz CT molecular complexity index is 970. The van der Waals surface area contributed by atoms with E-state index in [0.717, 1.165) is 0 Å². The lowest BCUT2D eigenvalue weighted by molar-refractivity contribution is 0.0842. The number of nitrogens with zero attached hydrogens (tertiary/aromatic N) is 1. The Labute approximate surface area is 158 Å². The third-order valence-corrected chi connectivity index (χ3v) is 3.76. The van der Waals surface area contributed by atoms with Gasteiger partial charge in [-0.05, 0) is 36.4 Å². The number of aromatic nitrogens is 2. The van der Waals surface area contributed by atoms with Crippen molar-refractivity contribution in [1.82, 2.24) is 20.8 Å². The van der Waals surface area contributed by atoms with Crippen LogP contribution in [0.3, 0.4) is 0 Å². The molecule has 2 aromatic carbocycles. The molecule has 0 saturated heterocycles. The highest BCUT2D eigenvalue weighted by molar-refractivity contribution is 6.30. The first kappa shape index (κ1) is 18.2. The van der Waals surface area contributed by atoms with Crippen molar-refractivity contribution in [3.8, 4) is 0 Å². The summed E-state index contributed by atoms with van der Waals surface area (Å²) in [4.78, 5) is 43.0. The summed E-state index contributed by atoms with van der Waals surface area (Å²) in [6.45, 7) is 0. The number of hydrazine groups is 1. The molecule has 4 N–H and O–H groups in total. The van der Waals surface area contributed by atoms with Crippen molar-refractivity contribution in [3.05, 3.63) is 82.9 Å². The first-order valence-electron chi connectivity index (χ1n) is 7.80. The molecule has 0 fully saturated rings. The van der Waals surface area contributed by atoms with Crippen molar-refractivity contribution >= 4 is 35.0 Å². The zero-order chi connectivity index (χ0) is 19.2. The topological polar surface area (TPSA) is 116 Å². The zero-order valence-electron chi connectivity index (χ0n) is 13.8. The molecule has 1 heterocycles. The molecule has 3 rings (SSSR count). The highest BCUT2D eigenvalue weighted by Crippen LogP contribution is 2.14. The van der Waals surface area contributed by atoms with E-state index in [-0.39, 0.29) is 11.4 Å². The van der Waals surface area contributed by atoms with Crippen LogP contribution >= 0.6 is 11.6 Å². The highest BCUT2D eigenvalue weighted by Gasteiger charge is 2.21. The molecule has 9 heteroatoms. The van der Waals surface area contributed by atoms with Crippen LogP contribution in [0, 0.1) is 0 Å².